The van der Waals surface area contributed by atoms with E-state index in [-0.39, 0.29) is 12.4 Å². The van der Waals surface area contributed by atoms with Gasteiger partial charge in [0.1, 0.15) is 18.1 Å². The molecule has 0 radical (unpaired) electrons. The summed E-state index contributed by atoms with van der Waals surface area (Å²) in [6.45, 7) is 0.0770. The van der Waals surface area contributed by atoms with E-state index in [9.17, 15) is 4.79 Å². The Morgan fingerprint density at radius 3 is 2.55 bits per heavy atom. The van der Waals surface area contributed by atoms with Crippen LogP contribution in [-0.2, 0) is 11.2 Å². The Balaban J connectivity index is 1.90. The Hall–Kier alpha value is -1.81. The summed E-state index contributed by atoms with van der Waals surface area (Å²) in [6, 6.07) is 14.9. The second kappa shape index (κ2) is 7.10. The third-order valence-electron chi connectivity index (χ3n) is 2.76. The number of methoxy groups -OCH3 is 1. The molecule has 0 N–H and O–H groups in total. The highest BCUT2D eigenvalue weighted by molar-refractivity contribution is 9.10. The number of para-hydroxylation sites is 1. The van der Waals surface area contributed by atoms with Gasteiger partial charge in [-0.15, -0.1) is 0 Å². The van der Waals surface area contributed by atoms with Crippen LogP contribution < -0.4 is 9.47 Å². The topological polar surface area (TPSA) is 35.5 Å². The molecule has 0 amide bonds. The van der Waals surface area contributed by atoms with Gasteiger partial charge in [0.15, 0.2) is 5.78 Å². The average Bonchev–Trinajstić information content (AvgIpc) is 2.46. The number of carbonyl (C=O) groups excluding carboxylic acids is 1. The van der Waals surface area contributed by atoms with Gasteiger partial charge in [0.05, 0.1) is 11.6 Å². The first-order valence-electron chi connectivity index (χ1n) is 6.21. The lowest BCUT2D eigenvalue weighted by Gasteiger charge is -2.07. The van der Waals surface area contributed by atoms with Crippen LogP contribution in [0.3, 0.4) is 0 Å². The molecule has 0 saturated carbocycles. The van der Waals surface area contributed by atoms with Crippen molar-refractivity contribution in [3.8, 4) is 11.5 Å². The fourth-order valence-corrected chi connectivity index (χ4v) is 2.37. The van der Waals surface area contributed by atoms with E-state index in [1.165, 1.54) is 0 Å². The van der Waals surface area contributed by atoms with Crippen LogP contribution in [0.1, 0.15) is 5.56 Å². The minimum atomic E-state index is 0.0333. The number of rotatable bonds is 6. The second-order valence-electron chi connectivity index (χ2n) is 4.29. The zero-order chi connectivity index (χ0) is 14.4. The summed E-state index contributed by atoms with van der Waals surface area (Å²) in [5.74, 6) is 1.49. The van der Waals surface area contributed by atoms with Crippen molar-refractivity contribution in [1.82, 2.24) is 0 Å². The molecule has 0 aliphatic rings. The van der Waals surface area contributed by atoms with Crippen molar-refractivity contribution >= 4 is 21.7 Å². The Morgan fingerprint density at radius 2 is 1.90 bits per heavy atom. The molecule has 0 saturated heterocycles. The predicted octanol–water partition coefficient (Wildman–Crippen LogP) is 3.65. The minimum absolute atomic E-state index is 0.0333. The molecule has 0 aliphatic carbocycles. The summed E-state index contributed by atoms with van der Waals surface area (Å²) in [6.07, 6.45) is 0.343. The zero-order valence-corrected chi connectivity index (χ0v) is 12.7. The molecule has 2 rings (SSSR count). The smallest absolute Gasteiger partial charge is 0.174 e. The second-order valence-corrected chi connectivity index (χ2v) is 5.14. The van der Waals surface area contributed by atoms with Gasteiger partial charge in [-0.3, -0.25) is 4.79 Å². The monoisotopic (exact) mass is 334 g/mol. The molecule has 0 heterocycles. The molecule has 104 valence electrons. The lowest BCUT2D eigenvalue weighted by atomic mass is 10.1. The number of carbonyl (C=O) groups is 1. The maximum Gasteiger partial charge on any atom is 0.174 e. The SMILES string of the molecule is COc1ccc(CC(=O)COc2ccccc2)cc1Br. The summed E-state index contributed by atoms with van der Waals surface area (Å²) < 4.78 is 11.4. The zero-order valence-electron chi connectivity index (χ0n) is 11.1. The molecular formula is C16H15BrO3. The third-order valence-corrected chi connectivity index (χ3v) is 3.38. The number of hydrogen-bond acceptors (Lipinski definition) is 3. The summed E-state index contributed by atoms with van der Waals surface area (Å²) in [4.78, 5) is 11.9. The number of benzene rings is 2. The fourth-order valence-electron chi connectivity index (χ4n) is 1.78. The lowest BCUT2D eigenvalue weighted by molar-refractivity contribution is -0.120. The third kappa shape index (κ3) is 4.10. The number of ketones is 1. The summed E-state index contributed by atoms with van der Waals surface area (Å²) in [5, 5.41) is 0. The first-order valence-corrected chi connectivity index (χ1v) is 7.00. The largest absolute Gasteiger partial charge is 0.496 e. The average molecular weight is 335 g/mol. The molecule has 0 aliphatic heterocycles. The Labute approximate surface area is 126 Å². The van der Waals surface area contributed by atoms with Gasteiger partial charge in [0, 0.05) is 6.42 Å². The van der Waals surface area contributed by atoms with Crippen LogP contribution in [0.4, 0.5) is 0 Å². The van der Waals surface area contributed by atoms with Crippen molar-refractivity contribution in [2.75, 3.05) is 13.7 Å². The quantitative estimate of drug-likeness (QED) is 0.808. The highest BCUT2D eigenvalue weighted by atomic mass is 79.9. The predicted molar refractivity (Wildman–Crippen MR) is 81.3 cm³/mol. The number of hydrogen-bond donors (Lipinski definition) is 0. The first kappa shape index (κ1) is 14.6. The van der Waals surface area contributed by atoms with Crippen molar-refractivity contribution in [2.24, 2.45) is 0 Å². The van der Waals surface area contributed by atoms with Crippen LogP contribution in [-0.4, -0.2) is 19.5 Å². The van der Waals surface area contributed by atoms with Crippen LogP contribution in [0.25, 0.3) is 0 Å². The van der Waals surface area contributed by atoms with Crippen LogP contribution in [0.2, 0.25) is 0 Å². The van der Waals surface area contributed by atoms with E-state index in [1.807, 2.05) is 48.5 Å². The molecule has 20 heavy (non-hydrogen) atoms. The molecule has 0 unspecified atom stereocenters. The molecule has 0 fully saturated rings. The van der Waals surface area contributed by atoms with Gasteiger partial charge >= 0.3 is 0 Å². The molecular weight excluding hydrogens is 320 g/mol. The van der Waals surface area contributed by atoms with Gasteiger partial charge in [-0.2, -0.15) is 0 Å². The van der Waals surface area contributed by atoms with Crippen LogP contribution in [0.5, 0.6) is 11.5 Å². The number of ether oxygens (including phenoxy) is 2. The van der Waals surface area contributed by atoms with Crippen molar-refractivity contribution in [3.05, 3.63) is 58.6 Å². The van der Waals surface area contributed by atoms with Crippen molar-refractivity contribution in [2.45, 2.75) is 6.42 Å². The Kier molecular flexibility index (Phi) is 5.18. The van der Waals surface area contributed by atoms with Gasteiger partial charge in [-0.1, -0.05) is 24.3 Å². The molecule has 0 bridgehead atoms. The summed E-state index contributed by atoms with van der Waals surface area (Å²) in [5.41, 5.74) is 0.930. The van der Waals surface area contributed by atoms with E-state index in [2.05, 4.69) is 15.9 Å². The van der Waals surface area contributed by atoms with E-state index in [1.54, 1.807) is 7.11 Å². The highest BCUT2D eigenvalue weighted by Crippen LogP contribution is 2.25. The number of Topliss-reactive ketones (excluding diaryl/α,β-unsaturated/α-hetero) is 1. The van der Waals surface area contributed by atoms with E-state index in [0.29, 0.717) is 12.2 Å². The van der Waals surface area contributed by atoms with Crippen LogP contribution >= 0.6 is 15.9 Å². The minimum Gasteiger partial charge on any atom is -0.496 e. The molecule has 4 heteroatoms. The highest BCUT2D eigenvalue weighted by Gasteiger charge is 2.07. The van der Waals surface area contributed by atoms with Crippen molar-refractivity contribution in [3.63, 3.8) is 0 Å². The van der Waals surface area contributed by atoms with Gasteiger partial charge in [-0.05, 0) is 45.8 Å². The van der Waals surface area contributed by atoms with Crippen molar-refractivity contribution < 1.29 is 14.3 Å². The van der Waals surface area contributed by atoms with Gasteiger partial charge in [0.2, 0.25) is 0 Å². The molecule has 2 aromatic rings. The van der Waals surface area contributed by atoms with E-state index >= 15 is 0 Å². The maximum absolute atomic E-state index is 11.9. The van der Waals surface area contributed by atoms with E-state index < -0.39 is 0 Å². The Morgan fingerprint density at radius 1 is 1.15 bits per heavy atom. The van der Waals surface area contributed by atoms with Crippen LogP contribution in [0, 0.1) is 0 Å². The molecule has 0 spiro atoms. The molecule has 2 aromatic carbocycles. The fraction of sp³-hybridized carbons (Fsp3) is 0.188. The maximum atomic E-state index is 11.9. The lowest BCUT2D eigenvalue weighted by Crippen LogP contribution is -2.13. The van der Waals surface area contributed by atoms with Crippen LogP contribution in [0.15, 0.2) is 53.0 Å². The molecule has 0 aromatic heterocycles. The first-order chi connectivity index (χ1) is 9.69. The van der Waals surface area contributed by atoms with Gasteiger partial charge in [-0.25, -0.2) is 0 Å². The molecule has 0 atom stereocenters. The van der Waals surface area contributed by atoms with E-state index in [0.717, 1.165) is 15.8 Å². The van der Waals surface area contributed by atoms with Gasteiger partial charge in [0.25, 0.3) is 0 Å². The summed E-state index contributed by atoms with van der Waals surface area (Å²) in [7, 11) is 1.61. The number of halogens is 1. The Bertz CT molecular complexity index is 582. The van der Waals surface area contributed by atoms with E-state index in [4.69, 9.17) is 9.47 Å². The summed E-state index contributed by atoms with van der Waals surface area (Å²) >= 11 is 3.41. The standard InChI is InChI=1S/C16H15BrO3/c1-19-16-8-7-12(10-15(16)17)9-13(18)11-20-14-5-3-2-4-6-14/h2-8,10H,9,11H2,1H3. The molecule has 3 nitrogen and oxygen atoms in total. The van der Waals surface area contributed by atoms with Crippen molar-refractivity contribution in [1.29, 1.82) is 0 Å². The normalized spacial score (nSPS) is 10.1. The van der Waals surface area contributed by atoms with Gasteiger partial charge < -0.3 is 9.47 Å².